The van der Waals surface area contributed by atoms with E-state index in [1.807, 2.05) is 56.2 Å². The highest BCUT2D eigenvalue weighted by Crippen LogP contribution is 2.31. The Morgan fingerprint density at radius 2 is 2.06 bits per heavy atom. The number of amidine groups is 1. The van der Waals surface area contributed by atoms with Crippen LogP contribution in [0.4, 0.5) is 0 Å². The van der Waals surface area contributed by atoms with Crippen molar-refractivity contribution in [2.45, 2.75) is 25.9 Å². The molecule has 0 N–H and O–H groups in total. The third-order valence-corrected chi connectivity index (χ3v) is 7.45. The Morgan fingerprint density at radius 3 is 2.75 bits per heavy atom. The first-order chi connectivity index (χ1) is 17.5. The Labute approximate surface area is 222 Å². The van der Waals surface area contributed by atoms with E-state index in [0.29, 0.717) is 11.6 Å². The van der Waals surface area contributed by atoms with Gasteiger partial charge in [-0.25, -0.2) is 4.98 Å². The fourth-order valence-electron chi connectivity index (χ4n) is 4.58. The van der Waals surface area contributed by atoms with Crippen molar-refractivity contribution in [2.75, 3.05) is 32.4 Å². The topological polar surface area (TPSA) is 73.3 Å². The lowest BCUT2D eigenvalue weighted by molar-refractivity contribution is 0.131. The minimum absolute atomic E-state index is 0.0912. The molecule has 3 heterocycles. The molecule has 1 saturated heterocycles. The number of fused-ring (bicyclic) bond motifs is 1. The summed E-state index contributed by atoms with van der Waals surface area (Å²) < 4.78 is 2.10. The molecule has 0 saturated carbocycles. The van der Waals surface area contributed by atoms with Gasteiger partial charge < -0.3 is 9.47 Å². The highest BCUT2D eigenvalue weighted by Gasteiger charge is 2.28. The van der Waals surface area contributed by atoms with Crippen LogP contribution < -0.4 is 0 Å². The number of hydrogen-bond donors (Lipinski definition) is 0. The number of aliphatic imine (C=N–C) groups is 1. The molecule has 2 aromatic heterocycles. The number of allylic oxidation sites excluding steroid dienone is 5. The first-order valence-electron chi connectivity index (χ1n) is 11.9. The summed E-state index contributed by atoms with van der Waals surface area (Å²) in [4.78, 5) is 17.9. The molecular weight excluding hydrogens is 490 g/mol. The number of nitrogens with zero attached hydrogens (tertiary/aromatic N) is 7. The van der Waals surface area contributed by atoms with Gasteiger partial charge in [0.25, 0.3) is 0 Å². The molecule has 0 amide bonds. The quantitative estimate of drug-likeness (QED) is 0.316. The van der Waals surface area contributed by atoms with Gasteiger partial charge in [-0.3, -0.25) is 9.88 Å². The Hall–Kier alpha value is -3.12. The maximum atomic E-state index is 9.02. The Balaban J connectivity index is 1.69. The maximum Gasteiger partial charge on any atom is 0.208 e. The van der Waals surface area contributed by atoms with E-state index in [-0.39, 0.29) is 6.04 Å². The molecule has 9 heteroatoms. The van der Waals surface area contributed by atoms with Crippen molar-refractivity contribution in [2.24, 2.45) is 4.99 Å². The molecule has 1 fully saturated rings. The molecule has 0 aromatic carbocycles. The number of aromatic nitrogens is 3. The lowest BCUT2D eigenvalue weighted by atomic mass is 9.98. The van der Waals surface area contributed by atoms with E-state index in [9.17, 15) is 0 Å². The van der Waals surface area contributed by atoms with Crippen LogP contribution in [0, 0.1) is 18.4 Å². The first kappa shape index (κ1) is 26.0. The molecule has 2 aromatic rings. The van der Waals surface area contributed by atoms with Crippen LogP contribution in [0.15, 0.2) is 76.7 Å². The number of nitriles is 1. The number of piperazine rings is 1. The van der Waals surface area contributed by atoms with Gasteiger partial charge >= 0.3 is 0 Å². The van der Waals surface area contributed by atoms with E-state index in [1.54, 1.807) is 0 Å². The second-order valence-corrected chi connectivity index (χ2v) is 9.89. The number of thioether (sulfide) groups is 1. The van der Waals surface area contributed by atoms with Crippen LogP contribution in [0.1, 0.15) is 29.5 Å². The van der Waals surface area contributed by atoms with Crippen molar-refractivity contribution < 1.29 is 0 Å². The molecule has 7 nitrogen and oxygen atoms in total. The van der Waals surface area contributed by atoms with Gasteiger partial charge in [-0.15, -0.1) is 4.99 Å². The van der Waals surface area contributed by atoms with Gasteiger partial charge in [-0.2, -0.15) is 5.26 Å². The van der Waals surface area contributed by atoms with Crippen LogP contribution in [-0.2, 0) is 6.54 Å². The molecule has 1 aliphatic carbocycles. The predicted molar refractivity (Wildman–Crippen MR) is 148 cm³/mol. The lowest BCUT2D eigenvalue weighted by Crippen LogP contribution is -2.49. The summed E-state index contributed by atoms with van der Waals surface area (Å²) in [6.45, 7) is 10.3. The Kier molecular flexibility index (Phi) is 8.81. The molecule has 36 heavy (non-hydrogen) atoms. The summed E-state index contributed by atoms with van der Waals surface area (Å²) in [5.74, 6) is 0.944. The molecule has 4 rings (SSSR count). The SMILES string of the molecule is C=C1/C=C(Cl)\C=C/CC(N2CCN(C(=NC#N)SC)CC2)c2ncccc2C=C1Cn1ccnc1C. The number of halogens is 1. The first-order valence-corrected chi connectivity index (χ1v) is 13.5. The number of rotatable bonds is 3. The molecule has 2 aliphatic rings. The maximum absolute atomic E-state index is 9.02. The minimum atomic E-state index is 0.0912. The van der Waals surface area contributed by atoms with Gasteiger partial charge in [0.2, 0.25) is 6.19 Å². The van der Waals surface area contributed by atoms with Crippen LogP contribution in [0.25, 0.3) is 6.08 Å². The van der Waals surface area contributed by atoms with Gasteiger partial charge in [-0.1, -0.05) is 42.1 Å². The van der Waals surface area contributed by atoms with E-state index >= 15 is 0 Å². The predicted octanol–water partition coefficient (Wildman–Crippen LogP) is 5.17. The van der Waals surface area contributed by atoms with Crippen LogP contribution in [0.2, 0.25) is 0 Å². The molecule has 1 unspecified atom stereocenters. The largest absolute Gasteiger partial charge is 0.348 e. The smallest absolute Gasteiger partial charge is 0.208 e. The van der Waals surface area contributed by atoms with Crippen LogP contribution in [0.3, 0.4) is 0 Å². The Bertz CT molecular complexity index is 1260. The monoisotopic (exact) mass is 519 g/mol. The van der Waals surface area contributed by atoms with E-state index in [1.165, 1.54) is 11.8 Å². The van der Waals surface area contributed by atoms with Gasteiger partial charge in [-0.05, 0) is 60.6 Å². The van der Waals surface area contributed by atoms with Crippen LogP contribution >= 0.6 is 23.4 Å². The average Bonchev–Trinajstić information content (AvgIpc) is 3.28. The molecule has 0 radical (unpaired) electrons. The second-order valence-electron chi connectivity index (χ2n) is 8.68. The summed E-state index contributed by atoms with van der Waals surface area (Å²) in [6.07, 6.45) is 18.5. The summed E-state index contributed by atoms with van der Waals surface area (Å²) in [6, 6.07) is 4.19. The molecule has 0 spiro atoms. The summed E-state index contributed by atoms with van der Waals surface area (Å²) >= 11 is 8.09. The van der Waals surface area contributed by atoms with Crippen molar-refractivity contribution in [3.8, 4) is 6.19 Å². The van der Waals surface area contributed by atoms with Gasteiger partial charge in [0.1, 0.15) is 5.82 Å². The summed E-state index contributed by atoms with van der Waals surface area (Å²) in [5.41, 5.74) is 4.03. The fraction of sp³-hybridized carbons (Fsp3) is 0.333. The third kappa shape index (κ3) is 6.16. The molecule has 1 atom stereocenters. The zero-order valence-corrected chi connectivity index (χ0v) is 22.2. The molecule has 186 valence electrons. The van der Waals surface area contributed by atoms with Crippen molar-refractivity contribution in [1.29, 1.82) is 5.26 Å². The summed E-state index contributed by atoms with van der Waals surface area (Å²) in [7, 11) is 0. The highest BCUT2D eigenvalue weighted by molar-refractivity contribution is 8.13. The summed E-state index contributed by atoms with van der Waals surface area (Å²) in [5, 5.41) is 10.4. The molecule has 1 aliphatic heterocycles. The Morgan fingerprint density at radius 1 is 1.25 bits per heavy atom. The van der Waals surface area contributed by atoms with Crippen molar-refractivity contribution in [3.63, 3.8) is 0 Å². The highest BCUT2D eigenvalue weighted by atomic mass is 35.5. The van der Waals surface area contributed by atoms with E-state index in [2.05, 4.69) is 49.1 Å². The number of imidazole rings is 1. The lowest BCUT2D eigenvalue weighted by Gasteiger charge is -2.39. The van der Waals surface area contributed by atoms with Crippen LogP contribution in [-0.4, -0.2) is 61.9 Å². The average molecular weight is 520 g/mol. The minimum Gasteiger partial charge on any atom is -0.348 e. The van der Waals surface area contributed by atoms with Crippen molar-refractivity contribution >= 4 is 34.6 Å². The standard InChI is InChI=1S/C27H30ClN7S/c1-20-16-24(28)7-4-8-25(33-12-14-34(15-13-33)27(36-3)32-19-29)26-22(6-5-9-31-26)17-23(20)18-35-11-10-30-21(35)2/h4-7,9-11,16-17,25H,1,8,12-15,18H2,2-3H3/b7-4-,23-17?,24-16+,32-27?. The fourth-order valence-corrected chi connectivity index (χ4v) is 5.37. The van der Waals surface area contributed by atoms with Crippen molar-refractivity contribution in [3.05, 3.63) is 88.8 Å². The number of pyridine rings is 1. The van der Waals surface area contributed by atoms with Crippen molar-refractivity contribution in [1.82, 2.24) is 24.3 Å². The molecule has 0 bridgehead atoms. The van der Waals surface area contributed by atoms with Gasteiger partial charge in [0, 0.05) is 56.3 Å². The van der Waals surface area contributed by atoms with Gasteiger partial charge in [0.05, 0.1) is 11.7 Å². The second kappa shape index (κ2) is 12.2. The number of hydrogen-bond acceptors (Lipinski definition) is 6. The van der Waals surface area contributed by atoms with Crippen LogP contribution in [0.5, 0.6) is 0 Å². The van der Waals surface area contributed by atoms with E-state index < -0.39 is 0 Å². The zero-order chi connectivity index (χ0) is 25.5. The van der Waals surface area contributed by atoms with E-state index in [4.69, 9.17) is 21.8 Å². The third-order valence-electron chi connectivity index (χ3n) is 6.50. The molecular formula is C27H30ClN7S. The van der Waals surface area contributed by atoms with Gasteiger partial charge in [0.15, 0.2) is 5.17 Å². The zero-order valence-electron chi connectivity index (χ0n) is 20.6. The number of aryl methyl sites for hydroxylation is 1. The normalized spacial score (nSPS) is 22.1. The van der Waals surface area contributed by atoms with E-state index in [0.717, 1.165) is 66.0 Å².